The van der Waals surface area contributed by atoms with Gasteiger partial charge in [0.05, 0.1) is 33.7 Å². The van der Waals surface area contributed by atoms with E-state index in [-0.39, 0.29) is 0 Å². The number of nitrogens with zero attached hydrogens (tertiary/aromatic N) is 4. The van der Waals surface area contributed by atoms with E-state index in [2.05, 4.69) is 15.3 Å². The van der Waals surface area contributed by atoms with Crippen LogP contribution in [-0.2, 0) is 0 Å². The van der Waals surface area contributed by atoms with Gasteiger partial charge >= 0.3 is 0 Å². The van der Waals surface area contributed by atoms with Crippen molar-refractivity contribution in [2.45, 2.75) is 19.4 Å². The molecule has 5 nitrogen and oxygen atoms in total. The fraction of sp³-hybridized carbons (Fsp3) is 0.250. The Balaban J connectivity index is 2.00. The largest absolute Gasteiger partial charge is 0.387 e. The third-order valence-electron chi connectivity index (χ3n) is 2.82. The fourth-order valence-electron chi connectivity index (χ4n) is 1.75. The minimum absolute atomic E-state index is 0.550. The minimum Gasteiger partial charge on any atom is -0.387 e. The number of aromatic nitrogens is 4. The van der Waals surface area contributed by atoms with Gasteiger partial charge in [-0.25, -0.2) is 9.67 Å². The van der Waals surface area contributed by atoms with Crippen LogP contribution in [0.15, 0.2) is 29.9 Å². The third-order valence-corrected chi connectivity index (χ3v) is 3.61. The molecule has 92 valence electrons. The summed E-state index contributed by atoms with van der Waals surface area (Å²) in [5, 5.41) is 17.7. The van der Waals surface area contributed by atoms with Crippen LogP contribution < -0.4 is 0 Å². The van der Waals surface area contributed by atoms with Gasteiger partial charge < -0.3 is 5.11 Å². The highest BCUT2D eigenvalue weighted by molar-refractivity contribution is 7.16. The molecule has 0 saturated carbocycles. The Labute approximate surface area is 108 Å². The van der Waals surface area contributed by atoms with E-state index in [4.69, 9.17) is 0 Å². The fourth-order valence-corrected chi connectivity index (χ4v) is 2.46. The Morgan fingerprint density at radius 1 is 1.44 bits per heavy atom. The summed E-state index contributed by atoms with van der Waals surface area (Å²) in [7, 11) is 0. The molecule has 1 aromatic carbocycles. The molecule has 2 heterocycles. The molecule has 1 N–H and O–H groups in total. The van der Waals surface area contributed by atoms with E-state index < -0.39 is 6.10 Å². The quantitative estimate of drug-likeness (QED) is 0.785. The first-order valence-corrected chi connectivity index (χ1v) is 6.60. The van der Waals surface area contributed by atoms with Crippen molar-refractivity contribution in [3.63, 3.8) is 0 Å². The molecule has 3 aromatic rings. The number of aliphatic hydroxyl groups excluding tert-OH is 1. The Bertz CT molecular complexity index is 675. The Hall–Kier alpha value is -1.79. The predicted molar refractivity (Wildman–Crippen MR) is 69.8 cm³/mol. The first-order chi connectivity index (χ1) is 8.78. The summed E-state index contributed by atoms with van der Waals surface area (Å²) in [4.78, 5) is 4.23. The molecule has 0 radical (unpaired) electrons. The van der Waals surface area contributed by atoms with Crippen molar-refractivity contribution < 1.29 is 5.11 Å². The van der Waals surface area contributed by atoms with Gasteiger partial charge in [-0.15, -0.1) is 16.4 Å². The molecule has 2 aromatic heterocycles. The Kier molecular flexibility index (Phi) is 2.81. The van der Waals surface area contributed by atoms with Crippen LogP contribution in [0.3, 0.4) is 0 Å². The molecule has 3 rings (SSSR count). The molecule has 6 heteroatoms. The van der Waals surface area contributed by atoms with E-state index >= 15 is 0 Å². The first kappa shape index (κ1) is 11.3. The second kappa shape index (κ2) is 4.47. The zero-order valence-corrected chi connectivity index (χ0v) is 10.6. The molecular weight excluding hydrogens is 248 g/mol. The summed E-state index contributed by atoms with van der Waals surface area (Å²) in [5.74, 6) is 0. The monoisotopic (exact) mass is 260 g/mol. The number of thiazole rings is 1. The van der Waals surface area contributed by atoms with Crippen molar-refractivity contribution in [1.29, 1.82) is 0 Å². The Morgan fingerprint density at radius 2 is 2.33 bits per heavy atom. The molecule has 0 saturated heterocycles. The lowest BCUT2D eigenvalue weighted by atomic mass is 10.2. The predicted octanol–water partition coefficient (Wildman–Crippen LogP) is 2.32. The number of benzene rings is 1. The number of fused-ring (bicyclic) bond motifs is 1. The van der Waals surface area contributed by atoms with Crippen LogP contribution >= 0.6 is 11.3 Å². The van der Waals surface area contributed by atoms with Crippen LogP contribution in [0.4, 0.5) is 0 Å². The van der Waals surface area contributed by atoms with Crippen molar-refractivity contribution >= 4 is 21.6 Å². The smallest absolute Gasteiger partial charge is 0.112 e. The Morgan fingerprint density at radius 3 is 3.17 bits per heavy atom. The van der Waals surface area contributed by atoms with Gasteiger partial charge in [-0.1, -0.05) is 12.1 Å². The standard InChI is InChI=1S/C12H12N4OS/c1-2-11(17)10-6-16(15-14-10)8-3-4-9-12(5-8)18-7-13-9/h3-7,11,17H,2H2,1H3. The highest BCUT2D eigenvalue weighted by Crippen LogP contribution is 2.21. The maximum Gasteiger partial charge on any atom is 0.112 e. The maximum absolute atomic E-state index is 9.70. The number of hydrogen-bond donors (Lipinski definition) is 1. The summed E-state index contributed by atoms with van der Waals surface area (Å²) >= 11 is 1.59. The van der Waals surface area contributed by atoms with Crippen molar-refractivity contribution in [2.24, 2.45) is 0 Å². The molecule has 0 aliphatic carbocycles. The van der Waals surface area contributed by atoms with Crippen LogP contribution in [0.5, 0.6) is 0 Å². The van der Waals surface area contributed by atoms with Crippen molar-refractivity contribution in [1.82, 2.24) is 20.0 Å². The second-order valence-electron chi connectivity index (χ2n) is 4.02. The highest BCUT2D eigenvalue weighted by Gasteiger charge is 2.10. The molecule has 0 aliphatic rings. The first-order valence-electron chi connectivity index (χ1n) is 5.72. The summed E-state index contributed by atoms with van der Waals surface area (Å²) < 4.78 is 2.79. The van der Waals surface area contributed by atoms with Crippen LogP contribution in [-0.4, -0.2) is 25.1 Å². The third kappa shape index (κ3) is 1.89. The molecule has 0 aliphatic heterocycles. The van der Waals surface area contributed by atoms with E-state index in [9.17, 15) is 5.11 Å². The van der Waals surface area contributed by atoms with Gasteiger partial charge in [-0.3, -0.25) is 0 Å². The van der Waals surface area contributed by atoms with E-state index in [1.807, 2.05) is 30.6 Å². The molecule has 0 fully saturated rings. The van der Waals surface area contributed by atoms with Crippen molar-refractivity contribution in [3.05, 3.63) is 35.6 Å². The zero-order chi connectivity index (χ0) is 12.5. The van der Waals surface area contributed by atoms with E-state index in [0.717, 1.165) is 15.9 Å². The lowest BCUT2D eigenvalue weighted by Gasteiger charge is -2.01. The minimum atomic E-state index is -0.550. The van der Waals surface area contributed by atoms with E-state index in [0.29, 0.717) is 12.1 Å². The van der Waals surface area contributed by atoms with Crippen LogP contribution in [0.2, 0.25) is 0 Å². The molecule has 0 bridgehead atoms. The summed E-state index contributed by atoms with van der Waals surface area (Å²) in [5.41, 5.74) is 4.33. The van der Waals surface area contributed by atoms with Crippen molar-refractivity contribution in [3.8, 4) is 5.69 Å². The summed E-state index contributed by atoms with van der Waals surface area (Å²) in [6.45, 7) is 1.91. The van der Waals surface area contributed by atoms with Crippen molar-refractivity contribution in [2.75, 3.05) is 0 Å². The molecule has 18 heavy (non-hydrogen) atoms. The normalized spacial score (nSPS) is 13.0. The molecular formula is C12H12N4OS. The lowest BCUT2D eigenvalue weighted by Crippen LogP contribution is -1.95. The lowest BCUT2D eigenvalue weighted by molar-refractivity contribution is 0.169. The topological polar surface area (TPSA) is 63.8 Å². The average molecular weight is 260 g/mol. The average Bonchev–Trinajstić information content (AvgIpc) is 3.05. The van der Waals surface area contributed by atoms with Gasteiger partial charge in [0, 0.05) is 0 Å². The molecule has 1 atom stereocenters. The SMILES string of the molecule is CCC(O)c1cn(-c2ccc3ncsc3c2)nn1. The number of hydrogen-bond acceptors (Lipinski definition) is 5. The summed E-state index contributed by atoms with van der Waals surface area (Å²) in [6, 6.07) is 5.92. The summed E-state index contributed by atoms with van der Waals surface area (Å²) in [6.07, 6.45) is 1.84. The van der Waals surface area contributed by atoms with Gasteiger partial charge in [0.2, 0.25) is 0 Å². The van der Waals surface area contributed by atoms with E-state index in [1.54, 1.807) is 22.2 Å². The van der Waals surface area contributed by atoms with Gasteiger partial charge in [-0.05, 0) is 24.6 Å². The molecule has 0 amide bonds. The van der Waals surface area contributed by atoms with Gasteiger partial charge in [-0.2, -0.15) is 0 Å². The van der Waals surface area contributed by atoms with E-state index in [1.165, 1.54) is 0 Å². The second-order valence-corrected chi connectivity index (χ2v) is 4.90. The van der Waals surface area contributed by atoms with Crippen LogP contribution in [0, 0.1) is 0 Å². The molecule has 0 spiro atoms. The van der Waals surface area contributed by atoms with Crippen LogP contribution in [0.25, 0.3) is 15.9 Å². The molecule has 1 unspecified atom stereocenters. The van der Waals surface area contributed by atoms with Gasteiger partial charge in [0.15, 0.2) is 0 Å². The highest BCUT2D eigenvalue weighted by atomic mass is 32.1. The van der Waals surface area contributed by atoms with Crippen LogP contribution in [0.1, 0.15) is 25.1 Å². The van der Waals surface area contributed by atoms with Gasteiger partial charge in [0.1, 0.15) is 5.69 Å². The maximum atomic E-state index is 9.70. The zero-order valence-electron chi connectivity index (χ0n) is 9.82. The van der Waals surface area contributed by atoms with Gasteiger partial charge in [0.25, 0.3) is 0 Å². The number of rotatable bonds is 3. The number of aliphatic hydroxyl groups is 1.